The number of rotatable bonds is 1. The molecule has 13 heavy (non-hydrogen) atoms. The molecule has 0 amide bonds. The second kappa shape index (κ2) is 3.46. The number of hydrogen-bond acceptors (Lipinski definition) is 2. The highest BCUT2D eigenvalue weighted by atomic mass is 127. The van der Waals surface area contributed by atoms with Crippen LogP contribution in [0.5, 0.6) is 0 Å². The van der Waals surface area contributed by atoms with Gasteiger partial charge in [-0.3, -0.25) is 0 Å². The largest absolute Gasteiger partial charge is 0.377 e. The van der Waals surface area contributed by atoms with Crippen LogP contribution in [0, 0.1) is 3.57 Å². The minimum absolute atomic E-state index is 1.31. The minimum atomic E-state index is 1.31. The first-order valence-electron chi connectivity index (χ1n) is 4.03. The Hall–Kier alpha value is -0.290. The maximum atomic E-state index is 2.40. The first kappa shape index (κ1) is 9.27. The monoisotopic (exact) mass is 303 g/mol. The van der Waals surface area contributed by atoms with Crippen molar-refractivity contribution in [1.29, 1.82) is 0 Å². The first-order valence-corrected chi connectivity index (χ1v) is 5.99. The molecule has 68 valence electrons. The Morgan fingerprint density at radius 1 is 1.31 bits per heavy atom. The van der Waals surface area contributed by atoms with Crippen molar-refractivity contribution in [2.45, 2.75) is 0 Å². The Morgan fingerprint density at radius 3 is 2.77 bits per heavy atom. The molecule has 2 aromatic rings. The zero-order valence-electron chi connectivity index (χ0n) is 7.54. The van der Waals surface area contributed by atoms with Gasteiger partial charge in [0.25, 0.3) is 0 Å². The molecule has 1 heterocycles. The number of thiophene rings is 1. The molecule has 0 fully saturated rings. The summed E-state index contributed by atoms with van der Waals surface area (Å²) in [7, 11) is 4.17. The molecular weight excluding hydrogens is 293 g/mol. The van der Waals surface area contributed by atoms with Crippen LogP contribution in [0.2, 0.25) is 0 Å². The number of benzene rings is 1. The van der Waals surface area contributed by atoms with Gasteiger partial charge < -0.3 is 4.90 Å². The topological polar surface area (TPSA) is 3.24 Å². The molecule has 0 unspecified atom stereocenters. The Morgan fingerprint density at radius 2 is 2.08 bits per heavy atom. The van der Waals surface area contributed by atoms with Gasteiger partial charge in [0.1, 0.15) is 0 Å². The third kappa shape index (κ3) is 1.55. The lowest BCUT2D eigenvalue weighted by molar-refractivity contribution is 1.14. The van der Waals surface area contributed by atoms with Gasteiger partial charge in [-0.05, 0) is 34.7 Å². The molecule has 3 heteroatoms. The van der Waals surface area contributed by atoms with E-state index in [2.05, 4.69) is 65.2 Å². The molecule has 0 spiro atoms. The molecule has 0 N–H and O–H groups in total. The van der Waals surface area contributed by atoms with Crippen molar-refractivity contribution in [2.24, 2.45) is 0 Å². The predicted molar refractivity (Wildman–Crippen MR) is 68.9 cm³/mol. The molecule has 2 rings (SSSR count). The smallest absolute Gasteiger partial charge is 0.0460 e. The summed E-state index contributed by atoms with van der Waals surface area (Å²) >= 11 is 4.21. The van der Waals surface area contributed by atoms with Gasteiger partial charge in [0.2, 0.25) is 0 Å². The third-order valence-corrected chi connectivity index (χ3v) is 4.24. The van der Waals surface area contributed by atoms with Gasteiger partial charge in [-0.1, -0.05) is 6.07 Å². The van der Waals surface area contributed by atoms with Crippen molar-refractivity contribution >= 4 is 49.7 Å². The maximum Gasteiger partial charge on any atom is 0.0460 e. The first-order chi connectivity index (χ1) is 6.20. The second-order valence-electron chi connectivity index (χ2n) is 3.13. The molecule has 0 aliphatic rings. The number of halogens is 1. The quantitative estimate of drug-likeness (QED) is 0.728. The standard InChI is InChI=1S/C10H10INS/c1-12(2)8-4-3-5-9-10(8)7(11)6-13-9/h3-6H,1-2H3. The lowest BCUT2D eigenvalue weighted by atomic mass is 10.2. The van der Waals surface area contributed by atoms with Crippen molar-refractivity contribution in [3.05, 3.63) is 27.1 Å². The highest BCUT2D eigenvalue weighted by Crippen LogP contribution is 2.34. The highest BCUT2D eigenvalue weighted by molar-refractivity contribution is 14.1. The number of anilines is 1. The zero-order valence-corrected chi connectivity index (χ0v) is 10.5. The fourth-order valence-corrected chi connectivity index (χ4v) is 3.37. The fraction of sp³-hybridized carbons (Fsp3) is 0.200. The summed E-state index contributed by atoms with van der Waals surface area (Å²) < 4.78 is 2.72. The molecule has 1 aromatic carbocycles. The van der Waals surface area contributed by atoms with Gasteiger partial charge in [-0.25, -0.2) is 0 Å². The van der Waals surface area contributed by atoms with Crippen LogP contribution < -0.4 is 4.90 Å². The molecule has 0 saturated carbocycles. The number of hydrogen-bond donors (Lipinski definition) is 0. The van der Waals surface area contributed by atoms with Gasteiger partial charge in [-0.15, -0.1) is 11.3 Å². The SMILES string of the molecule is CN(C)c1cccc2scc(I)c12. The van der Waals surface area contributed by atoms with Crippen LogP contribution in [-0.4, -0.2) is 14.1 Å². The maximum absolute atomic E-state index is 2.40. The van der Waals surface area contributed by atoms with Gasteiger partial charge in [-0.2, -0.15) is 0 Å². The van der Waals surface area contributed by atoms with Gasteiger partial charge in [0, 0.05) is 38.8 Å². The van der Waals surface area contributed by atoms with Crippen LogP contribution in [-0.2, 0) is 0 Å². The van der Waals surface area contributed by atoms with E-state index < -0.39 is 0 Å². The van der Waals surface area contributed by atoms with E-state index in [-0.39, 0.29) is 0 Å². The molecule has 0 aliphatic heterocycles. The zero-order chi connectivity index (χ0) is 9.42. The summed E-state index contributed by atoms with van der Waals surface area (Å²) in [6.07, 6.45) is 0. The molecule has 1 nitrogen and oxygen atoms in total. The molecule has 0 atom stereocenters. The molecule has 0 saturated heterocycles. The van der Waals surface area contributed by atoms with E-state index in [0.29, 0.717) is 0 Å². The fourth-order valence-electron chi connectivity index (χ4n) is 1.40. The van der Waals surface area contributed by atoms with Gasteiger partial charge in [0.15, 0.2) is 0 Å². The predicted octanol–water partition coefficient (Wildman–Crippen LogP) is 3.57. The van der Waals surface area contributed by atoms with Gasteiger partial charge in [0.05, 0.1) is 0 Å². The van der Waals surface area contributed by atoms with E-state index in [1.165, 1.54) is 19.3 Å². The second-order valence-corrected chi connectivity index (χ2v) is 5.20. The minimum Gasteiger partial charge on any atom is -0.377 e. The van der Waals surface area contributed by atoms with Crippen LogP contribution in [0.1, 0.15) is 0 Å². The Bertz CT molecular complexity index is 433. The molecule has 0 bridgehead atoms. The summed E-state index contributed by atoms with van der Waals surface area (Å²) in [5, 5.41) is 3.59. The summed E-state index contributed by atoms with van der Waals surface area (Å²) in [5.74, 6) is 0. The van der Waals surface area contributed by atoms with E-state index in [9.17, 15) is 0 Å². The highest BCUT2D eigenvalue weighted by Gasteiger charge is 2.07. The summed E-state index contributed by atoms with van der Waals surface area (Å²) in [5.41, 5.74) is 1.31. The summed E-state index contributed by atoms with van der Waals surface area (Å²) in [6.45, 7) is 0. The molecule has 0 aliphatic carbocycles. The third-order valence-electron chi connectivity index (χ3n) is 2.01. The number of fused-ring (bicyclic) bond motifs is 1. The Balaban J connectivity index is 2.80. The van der Waals surface area contributed by atoms with E-state index in [1.807, 2.05) is 11.3 Å². The molecule has 0 radical (unpaired) electrons. The molecule has 1 aromatic heterocycles. The molecular formula is C10H10INS. The van der Waals surface area contributed by atoms with E-state index >= 15 is 0 Å². The lowest BCUT2D eigenvalue weighted by Gasteiger charge is -2.13. The van der Waals surface area contributed by atoms with Crippen LogP contribution >= 0.6 is 33.9 Å². The summed E-state index contributed by atoms with van der Waals surface area (Å²) in [4.78, 5) is 2.16. The van der Waals surface area contributed by atoms with Crippen LogP contribution in [0.3, 0.4) is 0 Å². The normalized spacial score (nSPS) is 10.7. The van der Waals surface area contributed by atoms with Crippen molar-refractivity contribution in [3.8, 4) is 0 Å². The van der Waals surface area contributed by atoms with Crippen molar-refractivity contribution in [1.82, 2.24) is 0 Å². The van der Waals surface area contributed by atoms with E-state index in [0.717, 1.165) is 0 Å². The van der Waals surface area contributed by atoms with E-state index in [1.54, 1.807) is 0 Å². The van der Waals surface area contributed by atoms with E-state index in [4.69, 9.17) is 0 Å². The lowest BCUT2D eigenvalue weighted by Crippen LogP contribution is -2.08. The van der Waals surface area contributed by atoms with Crippen molar-refractivity contribution in [2.75, 3.05) is 19.0 Å². The number of nitrogens with zero attached hydrogens (tertiary/aromatic N) is 1. The average Bonchev–Trinajstić information content (AvgIpc) is 2.48. The average molecular weight is 303 g/mol. The summed E-state index contributed by atoms with van der Waals surface area (Å²) in [6, 6.07) is 6.45. The Labute approximate surface area is 95.5 Å². The Kier molecular flexibility index (Phi) is 2.47. The van der Waals surface area contributed by atoms with Crippen LogP contribution in [0.4, 0.5) is 5.69 Å². The van der Waals surface area contributed by atoms with Crippen molar-refractivity contribution in [3.63, 3.8) is 0 Å². The van der Waals surface area contributed by atoms with Crippen molar-refractivity contribution < 1.29 is 0 Å². The van der Waals surface area contributed by atoms with Crippen LogP contribution in [0.25, 0.3) is 10.1 Å². The van der Waals surface area contributed by atoms with Gasteiger partial charge >= 0.3 is 0 Å². The van der Waals surface area contributed by atoms with Crippen LogP contribution in [0.15, 0.2) is 23.6 Å².